The van der Waals surface area contributed by atoms with Crippen molar-refractivity contribution >= 4 is 5.69 Å². The van der Waals surface area contributed by atoms with E-state index >= 15 is 0 Å². The Bertz CT molecular complexity index is 546. The number of nitrogens with zero attached hydrogens (tertiary/aromatic N) is 1. The second kappa shape index (κ2) is 4.18. The van der Waals surface area contributed by atoms with E-state index < -0.39 is 0 Å². The van der Waals surface area contributed by atoms with Gasteiger partial charge in [-0.3, -0.25) is 9.78 Å². The zero-order valence-electron chi connectivity index (χ0n) is 9.03. The molecule has 16 heavy (non-hydrogen) atoms. The molecule has 0 aliphatic rings. The molecule has 0 spiro atoms. The molecule has 0 atom stereocenters. The highest BCUT2D eigenvalue weighted by molar-refractivity contribution is 5.68. The fraction of sp³-hybridized carbons (Fsp3) is 0.167. The minimum atomic E-state index is -0.227. The van der Waals surface area contributed by atoms with Crippen LogP contribution in [0.15, 0.2) is 35.4 Å². The van der Waals surface area contributed by atoms with Crippen molar-refractivity contribution in [2.75, 3.05) is 5.73 Å². The van der Waals surface area contributed by atoms with E-state index in [1.165, 1.54) is 0 Å². The average molecular weight is 215 g/mol. The van der Waals surface area contributed by atoms with Gasteiger partial charge in [0.25, 0.3) is 5.56 Å². The largest absolute Gasteiger partial charge is 0.394 e. The Balaban J connectivity index is 2.65. The molecular formula is C12H13N3O. The van der Waals surface area contributed by atoms with Crippen molar-refractivity contribution < 1.29 is 0 Å². The van der Waals surface area contributed by atoms with Gasteiger partial charge in [-0.2, -0.15) is 0 Å². The summed E-state index contributed by atoms with van der Waals surface area (Å²) < 4.78 is 0. The molecule has 3 N–H and O–H groups in total. The first kappa shape index (κ1) is 10.4. The molecule has 2 rings (SSSR count). The van der Waals surface area contributed by atoms with Crippen LogP contribution in [-0.2, 0) is 6.42 Å². The summed E-state index contributed by atoms with van der Waals surface area (Å²) in [6.45, 7) is 1.99. The third-order valence-electron chi connectivity index (χ3n) is 2.50. The van der Waals surface area contributed by atoms with Gasteiger partial charge in [-0.15, -0.1) is 0 Å². The highest BCUT2D eigenvalue weighted by atomic mass is 16.1. The fourth-order valence-electron chi connectivity index (χ4n) is 1.65. The molecule has 82 valence electrons. The van der Waals surface area contributed by atoms with Crippen LogP contribution in [0.5, 0.6) is 0 Å². The monoisotopic (exact) mass is 215 g/mol. The summed E-state index contributed by atoms with van der Waals surface area (Å²) >= 11 is 0. The van der Waals surface area contributed by atoms with Crippen molar-refractivity contribution in [3.63, 3.8) is 0 Å². The van der Waals surface area contributed by atoms with Crippen molar-refractivity contribution in [3.05, 3.63) is 46.6 Å². The van der Waals surface area contributed by atoms with Gasteiger partial charge in [0.2, 0.25) is 0 Å². The Morgan fingerprint density at radius 2 is 2.06 bits per heavy atom. The van der Waals surface area contributed by atoms with Crippen molar-refractivity contribution in [1.82, 2.24) is 9.97 Å². The van der Waals surface area contributed by atoms with E-state index in [0.29, 0.717) is 0 Å². The van der Waals surface area contributed by atoms with Crippen LogP contribution in [0.1, 0.15) is 12.6 Å². The van der Waals surface area contributed by atoms with Crippen molar-refractivity contribution in [1.29, 1.82) is 0 Å². The lowest BCUT2D eigenvalue weighted by Crippen LogP contribution is -2.14. The predicted molar refractivity (Wildman–Crippen MR) is 64.1 cm³/mol. The summed E-state index contributed by atoms with van der Waals surface area (Å²) in [6, 6.07) is 5.51. The lowest BCUT2D eigenvalue weighted by molar-refractivity contribution is 1.02. The molecule has 0 amide bonds. The lowest BCUT2D eigenvalue weighted by Gasteiger charge is -2.08. The van der Waals surface area contributed by atoms with Crippen LogP contribution in [-0.4, -0.2) is 9.97 Å². The van der Waals surface area contributed by atoms with E-state index in [-0.39, 0.29) is 11.2 Å². The molecular weight excluding hydrogens is 202 g/mol. The Hall–Kier alpha value is -2.10. The predicted octanol–water partition coefficient (Wildman–Crippen LogP) is 1.58. The van der Waals surface area contributed by atoms with Gasteiger partial charge in [-0.05, 0) is 30.2 Å². The molecule has 0 saturated carbocycles. The Labute approximate surface area is 93.2 Å². The van der Waals surface area contributed by atoms with Crippen LogP contribution >= 0.6 is 0 Å². The molecule has 4 nitrogen and oxygen atoms in total. The Kier molecular flexibility index (Phi) is 2.72. The summed E-state index contributed by atoms with van der Waals surface area (Å²) in [5.41, 5.74) is 8.50. The van der Waals surface area contributed by atoms with Gasteiger partial charge < -0.3 is 10.7 Å². The minimum Gasteiger partial charge on any atom is -0.394 e. The highest BCUT2D eigenvalue weighted by Crippen LogP contribution is 2.22. The number of nitrogens with two attached hydrogens (primary N) is 1. The van der Waals surface area contributed by atoms with E-state index in [4.69, 9.17) is 5.73 Å². The second-order valence-electron chi connectivity index (χ2n) is 3.54. The van der Waals surface area contributed by atoms with Crippen molar-refractivity contribution in [2.24, 2.45) is 0 Å². The number of aromatic amines is 1. The van der Waals surface area contributed by atoms with E-state index in [1.54, 1.807) is 18.5 Å². The summed E-state index contributed by atoms with van der Waals surface area (Å²) in [7, 11) is 0. The average Bonchev–Trinajstić information content (AvgIpc) is 2.33. The van der Waals surface area contributed by atoms with Crippen LogP contribution in [0.25, 0.3) is 11.1 Å². The van der Waals surface area contributed by atoms with Gasteiger partial charge in [0.1, 0.15) is 0 Å². The van der Waals surface area contributed by atoms with E-state index in [0.717, 1.165) is 23.2 Å². The third-order valence-corrected chi connectivity index (χ3v) is 2.50. The SMILES string of the molecule is CCc1[nH]c(=O)c(N)cc1-c1ccncc1. The second-order valence-corrected chi connectivity index (χ2v) is 3.54. The summed E-state index contributed by atoms with van der Waals surface area (Å²) in [5.74, 6) is 0. The quantitative estimate of drug-likeness (QED) is 0.798. The smallest absolute Gasteiger partial charge is 0.271 e. The van der Waals surface area contributed by atoms with Gasteiger partial charge in [0.15, 0.2) is 0 Å². The van der Waals surface area contributed by atoms with Gasteiger partial charge in [-0.1, -0.05) is 6.92 Å². The standard InChI is InChI=1S/C12H13N3O/c1-2-11-9(7-10(13)12(16)15-11)8-3-5-14-6-4-8/h3-7H,2,13H2,1H3,(H,15,16). The number of pyridine rings is 2. The lowest BCUT2D eigenvalue weighted by atomic mass is 10.0. The van der Waals surface area contributed by atoms with E-state index in [9.17, 15) is 4.79 Å². The number of anilines is 1. The maximum absolute atomic E-state index is 11.4. The topological polar surface area (TPSA) is 71.8 Å². The Morgan fingerprint density at radius 3 is 2.69 bits per heavy atom. The number of nitrogen functional groups attached to an aromatic ring is 1. The Morgan fingerprint density at radius 1 is 1.38 bits per heavy atom. The molecule has 0 aromatic carbocycles. The normalized spacial score (nSPS) is 10.3. The van der Waals surface area contributed by atoms with Gasteiger partial charge >= 0.3 is 0 Å². The number of hydrogen-bond donors (Lipinski definition) is 2. The minimum absolute atomic E-state index is 0.227. The van der Waals surface area contributed by atoms with Crippen LogP contribution in [0.3, 0.4) is 0 Å². The summed E-state index contributed by atoms with van der Waals surface area (Å²) in [4.78, 5) is 18.1. The number of nitrogens with one attached hydrogen (secondary N) is 1. The molecule has 0 aliphatic carbocycles. The first-order valence-corrected chi connectivity index (χ1v) is 5.14. The molecule has 0 aliphatic heterocycles. The number of aryl methyl sites for hydroxylation is 1. The van der Waals surface area contributed by atoms with E-state index in [1.807, 2.05) is 19.1 Å². The molecule has 0 saturated heterocycles. The first-order valence-electron chi connectivity index (χ1n) is 5.14. The van der Waals surface area contributed by atoms with Gasteiger partial charge in [0, 0.05) is 23.7 Å². The van der Waals surface area contributed by atoms with Crippen LogP contribution in [0.4, 0.5) is 5.69 Å². The molecule has 0 radical (unpaired) electrons. The first-order chi connectivity index (χ1) is 7.72. The number of aromatic nitrogens is 2. The highest BCUT2D eigenvalue weighted by Gasteiger charge is 2.06. The third kappa shape index (κ3) is 1.82. The maximum Gasteiger partial charge on any atom is 0.271 e. The molecule has 0 unspecified atom stereocenters. The fourth-order valence-corrected chi connectivity index (χ4v) is 1.65. The molecule has 2 aromatic rings. The summed E-state index contributed by atoms with van der Waals surface area (Å²) in [6.07, 6.45) is 4.19. The van der Waals surface area contributed by atoms with E-state index in [2.05, 4.69) is 9.97 Å². The maximum atomic E-state index is 11.4. The zero-order chi connectivity index (χ0) is 11.5. The molecule has 0 fully saturated rings. The molecule has 0 bridgehead atoms. The van der Waals surface area contributed by atoms with Gasteiger partial charge in [-0.25, -0.2) is 0 Å². The van der Waals surface area contributed by atoms with Crippen molar-refractivity contribution in [2.45, 2.75) is 13.3 Å². The van der Waals surface area contributed by atoms with Gasteiger partial charge in [0.05, 0.1) is 5.69 Å². The zero-order valence-corrected chi connectivity index (χ0v) is 9.03. The molecule has 2 aromatic heterocycles. The molecule has 2 heterocycles. The summed E-state index contributed by atoms with van der Waals surface area (Å²) in [5, 5.41) is 0. The van der Waals surface area contributed by atoms with Crippen LogP contribution < -0.4 is 11.3 Å². The number of hydrogen-bond acceptors (Lipinski definition) is 3. The van der Waals surface area contributed by atoms with Crippen molar-refractivity contribution in [3.8, 4) is 11.1 Å². The van der Waals surface area contributed by atoms with Crippen LogP contribution in [0.2, 0.25) is 0 Å². The number of H-pyrrole nitrogens is 1. The number of rotatable bonds is 2. The van der Waals surface area contributed by atoms with Crippen LogP contribution in [0, 0.1) is 0 Å². The molecule has 4 heteroatoms.